The van der Waals surface area contributed by atoms with Gasteiger partial charge in [-0.1, -0.05) is 12.1 Å². The number of imidazole rings is 1. The highest BCUT2D eigenvalue weighted by Crippen LogP contribution is 2.33. The van der Waals surface area contributed by atoms with Crippen molar-refractivity contribution >= 4 is 5.52 Å². The highest BCUT2D eigenvalue weighted by atomic mass is 19.4. The fourth-order valence-electron chi connectivity index (χ4n) is 3.64. The van der Waals surface area contributed by atoms with E-state index in [0.717, 1.165) is 21.9 Å². The normalized spacial score (nSPS) is 12.2. The largest absolute Gasteiger partial charge is 0.418 e. The highest BCUT2D eigenvalue weighted by Gasteiger charge is 2.34. The molecule has 0 N–H and O–H groups in total. The summed E-state index contributed by atoms with van der Waals surface area (Å²) >= 11 is 0. The van der Waals surface area contributed by atoms with Crippen molar-refractivity contribution in [1.29, 1.82) is 0 Å². The van der Waals surface area contributed by atoms with Crippen molar-refractivity contribution < 1.29 is 17.9 Å². The molecule has 0 radical (unpaired) electrons. The zero-order valence-corrected chi connectivity index (χ0v) is 19.1. The van der Waals surface area contributed by atoms with Crippen LogP contribution in [0.25, 0.3) is 11.2 Å². The molecule has 0 saturated carbocycles. The molecule has 1 aromatic carbocycles. The molecule has 0 spiro atoms. The molecular formula is C23H25F3N6O2. The van der Waals surface area contributed by atoms with E-state index in [2.05, 4.69) is 10.2 Å². The van der Waals surface area contributed by atoms with Gasteiger partial charge in [-0.05, 0) is 43.4 Å². The van der Waals surface area contributed by atoms with Crippen LogP contribution in [0, 0.1) is 0 Å². The topological polar surface area (TPSA) is 69.6 Å². The van der Waals surface area contributed by atoms with Crippen molar-refractivity contribution in [2.24, 2.45) is 7.05 Å². The van der Waals surface area contributed by atoms with Crippen LogP contribution in [0.3, 0.4) is 0 Å². The molecule has 0 saturated heterocycles. The van der Waals surface area contributed by atoms with Gasteiger partial charge in [0, 0.05) is 32.4 Å². The van der Waals surface area contributed by atoms with Crippen molar-refractivity contribution in [1.82, 2.24) is 28.6 Å². The van der Waals surface area contributed by atoms with Crippen molar-refractivity contribution in [3.8, 4) is 5.69 Å². The molecular weight excluding hydrogens is 449 g/mol. The maximum Gasteiger partial charge on any atom is 0.418 e. The van der Waals surface area contributed by atoms with E-state index in [1.807, 2.05) is 32.1 Å². The van der Waals surface area contributed by atoms with Crippen molar-refractivity contribution in [2.75, 3.05) is 27.2 Å². The standard InChI is InChI=1S/C23H25F3N6O2/c1-29(2)7-8-34-14-17-10-19(23(24,25)26)20-13-31(22(33)32(20)12-17)18-6-4-5-16(9-18)11-21-28-27-15-30(21)3/h4-6,9-10,12-13,15H,7-8,11,14H2,1-3H3. The van der Waals surface area contributed by atoms with E-state index in [0.29, 0.717) is 25.3 Å². The van der Waals surface area contributed by atoms with Gasteiger partial charge < -0.3 is 14.2 Å². The second kappa shape index (κ2) is 9.43. The molecule has 0 atom stereocenters. The van der Waals surface area contributed by atoms with Gasteiger partial charge >= 0.3 is 11.9 Å². The Hall–Kier alpha value is -3.44. The number of pyridine rings is 1. The molecule has 180 valence electrons. The van der Waals surface area contributed by atoms with Gasteiger partial charge in [-0.3, -0.25) is 8.97 Å². The molecule has 8 nitrogen and oxygen atoms in total. The minimum absolute atomic E-state index is 0.0301. The second-order valence-corrected chi connectivity index (χ2v) is 8.36. The zero-order chi connectivity index (χ0) is 24.5. The van der Waals surface area contributed by atoms with Gasteiger partial charge in [0.25, 0.3) is 0 Å². The summed E-state index contributed by atoms with van der Waals surface area (Å²) in [6, 6.07) is 8.10. The van der Waals surface area contributed by atoms with E-state index >= 15 is 0 Å². The van der Waals surface area contributed by atoms with Crippen LogP contribution in [0.1, 0.15) is 22.5 Å². The van der Waals surface area contributed by atoms with Crippen LogP contribution >= 0.6 is 0 Å². The Bertz CT molecular complexity index is 1350. The molecule has 4 rings (SSSR count). The van der Waals surface area contributed by atoms with Gasteiger partial charge in [-0.25, -0.2) is 4.79 Å². The molecule has 0 bridgehead atoms. The average Bonchev–Trinajstić information content (AvgIpc) is 3.33. The molecule has 4 aromatic rings. The van der Waals surface area contributed by atoms with Crippen molar-refractivity contribution in [2.45, 2.75) is 19.2 Å². The van der Waals surface area contributed by atoms with E-state index < -0.39 is 17.4 Å². The number of hydrogen-bond acceptors (Lipinski definition) is 5. The summed E-state index contributed by atoms with van der Waals surface area (Å²) in [6.07, 6.45) is 0.0573. The Morgan fingerprint density at radius 1 is 1.12 bits per heavy atom. The number of halogens is 3. The first-order chi connectivity index (χ1) is 16.1. The van der Waals surface area contributed by atoms with Crippen LogP contribution in [-0.2, 0) is 31.0 Å². The maximum absolute atomic E-state index is 13.9. The molecule has 0 aliphatic heterocycles. The number of benzene rings is 1. The minimum atomic E-state index is -4.63. The SMILES string of the molecule is CN(C)CCOCc1cc(C(F)(F)F)c2cn(-c3cccc(Cc4nncn4C)c3)c(=O)n2c1. The lowest BCUT2D eigenvalue weighted by molar-refractivity contribution is -0.136. The number of alkyl halides is 3. The van der Waals surface area contributed by atoms with Crippen LogP contribution in [0.15, 0.2) is 53.8 Å². The molecule has 0 aliphatic rings. The lowest BCUT2D eigenvalue weighted by Gasteiger charge is -2.12. The number of aryl methyl sites for hydroxylation is 1. The Labute approximate surface area is 193 Å². The minimum Gasteiger partial charge on any atom is -0.375 e. The molecule has 0 aliphatic carbocycles. The maximum atomic E-state index is 13.9. The number of nitrogens with zero attached hydrogens (tertiary/aromatic N) is 6. The highest BCUT2D eigenvalue weighted by molar-refractivity contribution is 5.58. The number of ether oxygens (including phenoxy) is 1. The first-order valence-electron chi connectivity index (χ1n) is 10.6. The number of likely N-dealkylation sites (N-methyl/N-ethyl adjacent to an activating group) is 1. The van der Waals surface area contributed by atoms with E-state index in [1.165, 1.54) is 17.0 Å². The fraction of sp³-hybridized carbons (Fsp3) is 0.348. The summed E-state index contributed by atoms with van der Waals surface area (Å²) in [7, 11) is 5.58. The van der Waals surface area contributed by atoms with E-state index in [9.17, 15) is 18.0 Å². The third-order valence-electron chi connectivity index (χ3n) is 5.44. The summed E-state index contributed by atoms with van der Waals surface area (Å²) in [4.78, 5) is 15.1. The molecule has 34 heavy (non-hydrogen) atoms. The number of aromatic nitrogens is 5. The average molecular weight is 474 g/mol. The Morgan fingerprint density at radius 2 is 1.91 bits per heavy atom. The van der Waals surface area contributed by atoms with Crippen LogP contribution in [0.2, 0.25) is 0 Å². The summed E-state index contributed by atoms with van der Waals surface area (Å²) in [5, 5.41) is 7.91. The monoisotopic (exact) mass is 474 g/mol. The Balaban J connectivity index is 1.72. The van der Waals surface area contributed by atoms with Crippen LogP contribution in [0.5, 0.6) is 0 Å². The molecule has 0 amide bonds. The van der Waals surface area contributed by atoms with Gasteiger partial charge in [-0.2, -0.15) is 13.2 Å². The quantitative estimate of drug-likeness (QED) is 0.368. The predicted molar refractivity (Wildman–Crippen MR) is 120 cm³/mol. The fourth-order valence-corrected chi connectivity index (χ4v) is 3.64. The van der Waals surface area contributed by atoms with Crippen LogP contribution in [-0.4, -0.2) is 55.9 Å². The predicted octanol–water partition coefficient (Wildman–Crippen LogP) is 2.91. The van der Waals surface area contributed by atoms with Crippen molar-refractivity contribution in [3.63, 3.8) is 0 Å². The number of rotatable bonds is 8. The zero-order valence-electron chi connectivity index (χ0n) is 19.1. The first-order valence-corrected chi connectivity index (χ1v) is 10.6. The third-order valence-corrected chi connectivity index (χ3v) is 5.44. The van der Waals surface area contributed by atoms with Gasteiger partial charge in [-0.15, -0.1) is 10.2 Å². The van der Waals surface area contributed by atoms with Gasteiger partial charge in [0.1, 0.15) is 12.2 Å². The van der Waals surface area contributed by atoms with E-state index in [4.69, 9.17) is 4.74 Å². The Morgan fingerprint density at radius 3 is 2.59 bits per heavy atom. The lowest BCUT2D eigenvalue weighted by atomic mass is 10.1. The molecule has 0 unspecified atom stereocenters. The number of hydrogen-bond donors (Lipinski definition) is 0. The summed E-state index contributed by atoms with van der Waals surface area (Å²) in [5.74, 6) is 0.727. The van der Waals surface area contributed by atoms with Gasteiger partial charge in [0.15, 0.2) is 0 Å². The van der Waals surface area contributed by atoms with E-state index in [1.54, 1.807) is 29.1 Å². The third kappa shape index (κ3) is 5.05. The summed E-state index contributed by atoms with van der Waals surface area (Å²) < 4.78 is 51.1. The molecule has 0 fully saturated rings. The smallest absolute Gasteiger partial charge is 0.375 e. The van der Waals surface area contributed by atoms with Crippen molar-refractivity contribution in [3.05, 3.63) is 82.1 Å². The number of fused-ring (bicyclic) bond motifs is 1. The summed E-state index contributed by atoms with van der Waals surface area (Å²) in [6.45, 7) is 0.966. The Kier molecular flexibility index (Phi) is 6.58. The van der Waals surface area contributed by atoms with E-state index in [-0.39, 0.29) is 17.7 Å². The van der Waals surface area contributed by atoms with Crippen LogP contribution < -0.4 is 5.69 Å². The van der Waals surface area contributed by atoms with Gasteiger partial charge in [0.05, 0.1) is 30.0 Å². The summed E-state index contributed by atoms with van der Waals surface area (Å²) in [5.41, 5.74) is -0.103. The van der Waals surface area contributed by atoms with Gasteiger partial charge in [0.2, 0.25) is 0 Å². The lowest BCUT2D eigenvalue weighted by Crippen LogP contribution is -2.20. The molecule has 3 heterocycles. The van der Waals surface area contributed by atoms with Crippen LogP contribution in [0.4, 0.5) is 13.2 Å². The first kappa shape index (κ1) is 23.7. The molecule has 11 heteroatoms. The molecule has 3 aromatic heterocycles. The second-order valence-electron chi connectivity index (χ2n) is 8.36.